The predicted molar refractivity (Wildman–Crippen MR) is 76.2 cm³/mol. The third kappa shape index (κ3) is 5.35. The van der Waals surface area contributed by atoms with Crippen molar-refractivity contribution in [2.75, 3.05) is 45.9 Å². The molecule has 1 heterocycles. The van der Waals surface area contributed by atoms with Crippen LogP contribution in [-0.2, 0) is 10.2 Å². The minimum absolute atomic E-state index is 0.126. The van der Waals surface area contributed by atoms with Crippen LogP contribution in [0.5, 0.6) is 0 Å². The molecule has 0 aliphatic carbocycles. The average Bonchev–Trinajstić information content (AvgIpc) is 2.43. The first kappa shape index (κ1) is 16.8. The van der Waals surface area contributed by atoms with Crippen LogP contribution in [0.1, 0.15) is 32.6 Å². The normalized spacial score (nSPS) is 18.1. The quantitative estimate of drug-likeness (QED) is 0.588. The molecule has 0 bridgehead atoms. The fraction of sp³-hybridized carbons (Fsp3) is 1.00. The van der Waals surface area contributed by atoms with Gasteiger partial charge < -0.3 is 10.4 Å². The van der Waals surface area contributed by atoms with Crippen molar-refractivity contribution >= 4 is 10.2 Å². The van der Waals surface area contributed by atoms with Gasteiger partial charge >= 0.3 is 0 Å². The molecule has 0 atom stereocenters. The fourth-order valence-electron chi connectivity index (χ4n) is 2.21. The highest BCUT2D eigenvalue weighted by molar-refractivity contribution is 7.86. The van der Waals surface area contributed by atoms with Crippen LogP contribution in [0.25, 0.3) is 0 Å². The second kappa shape index (κ2) is 8.86. The molecule has 1 rings (SSSR count). The first-order valence-corrected chi connectivity index (χ1v) is 8.59. The highest BCUT2D eigenvalue weighted by Gasteiger charge is 2.29. The van der Waals surface area contributed by atoms with E-state index < -0.39 is 10.2 Å². The Labute approximate surface area is 117 Å². The van der Waals surface area contributed by atoms with Gasteiger partial charge in [0.25, 0.3) is 10.2 Å². The number of hydrogen-bond donors (Lipinski definition) is 2. The lowest BCUT2D eigenvalue weighted by molar-refractivity contribution is 0.238. The Hall–Kier alpha value is -0.210. The third-order valence-corrected chi connectivity index (χ3v) is 5.37. The van der Waals surface area contributed by atoms with E-state index in [0.717, 1.165) is 25.7 Å². The molecule has 0 spiro atoms. The molecule has 0 amide bonds. The summed E-state index contributed by atoms with van der Waals surface area (Å²) in [5, 5.41) is 12.2. The van der Waals surface area contributed by atoms with Crippen LogP contribution in [0.2, 0.25) is 0 Å². The largest absolute Gasteiger partial charge is 0.395 e. The number of unbranched alkanes of at least 4 members (excludes halogenated alkanes) is 3. The molecule has 1 aliphatic heterocycles. The topological polar surface area (TPSA) is 72.9 Å². The third-order valence-electron chi connectivity index (χ3n) is 3.34. The standard InChI is InChI=1S/C12H27N3O3S/c1-2-3-4-5-8-14(11-12-16)19(17,18)15-9-6-13-7-10-15/h13,16H,2-12H2,1H3. The molecule has 1 aliphatic rings. The van der Waals surface area contributed by atoms with Crippen molar-refractivity contribution in [1.29, 1.82) is 0 Å². The Morgan fingerprint density at radius 2 is 1.84 bits per heavy atom. The van der Waals surface area contributed by atoms with Gasteiger partial charge in [0.1, 0.15) is 0 Å². The van der Waals surface area contributed by atoms with Crippen molar-refractivity contribution in [2.24, 2.45) is 0 Å². The summed E-state index contributed by atoms with van der Waals surface area (Å²) in [6, 6.07) is 0. The highest BCUT2D eigenvalue weighted by Crippen LogP contribution is 2.11. The van der Waals surface area contributed by atoms with Crippen molar-refractivity contribution in [3.8, 4) is 0 Å². The second-order valence-corrected chi connectivity index (χ2v) is 6.77. The molecule has 114 valence electrons. The smallest absolute Gasteiger partial charge is 0.282 e. The van der Waals surface area contributed by atoms with Crippen molar-refractivity contribution in [2.45, 2.75) is 32.6 Å². The zero-order chi connectivity index (χ0) is 14.1. The van der Waals surface area contributed by atoms with Gasteiger partial charge in [0.05, 0.1) is 6.61 Å². The van der Waals surface area contributed by atoms with E-state index in [2.05, 4.69) is 12.2 Å². The monoisotopic (exact) mass is 293 g/mol. The second-order valence-electron chi connectivity index (χ2n) is 4.84. The Morgan fingerprint density at radius 3 is 2.42 bits per heavy atom. The Kier molecular flexibility index (Phi) is 7.86. The van der Waals surface area contributed by atoms with E-state index >= 15 is 0 Å². The lowest BCUT2D eigenvalue weighted by Gasteiger charge is -2.32. The van der Waals surface area contributed by atoms with E-state index in [4.69, 9.17) is 5.11 Å². The van der Waals surface area contributed by atoms with E-state index in [0.29, 0.717) is 32.7 Å². The molecule has 0 radical (unpaired) electrons. The maximum Gasteiger partial charge on any atom is 0.282 e. The van der Waals surface area contributed by atoms with Gasteiger partial charge in [-0.05, 0) is 6.42 Å². The van der Waals surface area contributed by atoms with Crippen molar-refractivity contribution < 1.29 is 13.5 Å². The molecule has 0 aromatic heterocycles. The van der Waals surface area contributed by atoms with Crippen molar-refractivity contribution in [3.63, 3.8) is 0 Å². The summed E-state index contributed by atoms with van der Waals surface area (Å²) in [5.41, 5.74) is 0. The van der Waals surface area contributed by atoms with Gasteiger partial charge in [-0.1, -0.05) is 26.2 Å². The maximum absolute atomic E-state index is 12.5. The summed E-state index contributed by atoms with van der Waals surface area (Å²) in [7, 11) is -3.41. The summed E-state index contributed by atoms with van der Waals surface area (Å²) in [6.07, 6.45) is 4.15. The minimum atomic E-state index is -3.41. The van der Waals surface area contributed by atoms with Crippen LogP contribution in [0.3, 0.4) is 0 Å². The van der Waals surface area contributed by atoms with Gasteiger partial charge in [0.15, 0.2) is 0 Å². The average molecular weight is 293 g/mol. The molecule has 7 heteroatoms. The zero-order valence-electron chi connectivity index (χ0n) is 11.8. The lowest BCUT2D eigenvalue weighted by Crippen LogP contribution is -2.52. The summed E-state index contributed by atoms with van der Waals surface area (Å²) in [6.45, 7) is 5.12. The molecule has 1 fully saturated rings. The van der Waals surface area contributed by atoms with E-state index in [-0.39, 0.29) is 13.2 Å². The molecule has 2 N–H and O–H groups in total. The van der Waals surface area contributed by atoms with E-state index in [9.17, 15) is 8.42 Å². The number of aliphatic hydroxyl groups is 1. The van der Waals surface area contributed by atoms with Crippen LogP contribution in [0.15, 0.2) is 0 Å². The molecule has 0 aromatic rings. The number of nitrogens with one attached hydrogen (secondary N) is 1. The zero-order valence-corrected chi connectivity index (χ0v) is 12.7. The minimum Gasteiger partial charge on any atom is -0.395 e. The fourth-order valence-corrected chi connectivity index (χ4v) is 3.85. The van der Waals surface area contributed by atoms with Crippen LogP contribution in [-0.4, -0.2) is 68.0 Å². The van der Waals surface area contributed by atoms with Gasteiger partial charge in [-0.25, -0.2) is 0 Å². The molecule has 0 saturated carbocycles. The van der Waals surface area contributed by atoms with Gasteiger partial charge in [-0.3, -0.25) is 0 Å². The molecule has 0 unspecified atom stereocenters. The molecular weight excluding hydrogens is 266 g/mol. The highest BCUT2D eigenvalue weighted by atomic mass is 32.2. The number of aliphatic hydroxyl groups excluding tert-OH is 1. The predicted octanol–water partition coefficient (Wildman–Crippen LogP) is 0.0110. The van der Waals surface area contributed by atoms with E-state index in [1.807, 2.05) is 0 Å². The van der Waals surface area contributed by atoms with Crippen LogP contribution in [0, 0.1) is 0 Å². The van der Waals surface area contributed by atoms with Crippen LogP contribution >= 0.6 is 0 Å². The van der Waals surface area contributed by atoms with Gasteiger partial charge in [0.2, 0.25) is 0 Å². The molecule has 1 saturated heterocycles. The van der Waals surface area contributed by atoms with Crippen molar-refractivity contribution in [3.05, 3.63) is 0 Å². The molecular formula is C12H27N3O3S. The van der Waals surface area contributed by atoms with Gasteiger partial charge in [0, 0.05) is 39.3 Å². The first-order chi connectivity index (χ1) is 9.12. The Balaban J connectivity index is 2.56. The summed E-state index contributed by atoms with van der Waals surface area (Å²) in [4.78, 5) is 0. The molecule has 0 aromatic carbocycles. The maximum atomic E-state index is 12.5. The number of piperazine rings is 1. The van der Waals surface area contributed by atoms with Crippen LogP contribution in [0.4, 0.5) is 0 Å². The summed E-state index contributed by atoms with van der Waals surface area (Å²) >= 11 is 0. The SMILES string of the molecule is CCCCCCN(CCO)S(=O)(=O)N1CCNCC1. The number of rotatable bonds is 9. The van der Waals surface area contributed by atoms with E-state index in [1.54, 1.807) is 0 Å². The Morgan fingerprint density at radius 1 is 1.16 bits per heavy atom. The molecule has 6 nitrogen and oxygen atoms in total. The Bertz CT molecular complexity index is 329. The van der Waals surface area contributed by atoms with Gasteiger partial charge in [-0.15, -0.1) is 0 Å². The van der Waals surface area contributed by atoms with Crippen molar-refractivity contribution in [1.82, 2.24) is 13.9 Å². The molecule has 19 heavy (non-hydrogen) atoms. The number of nitrogens with zero attached hydrogens (tertiary/aromatic N) is 2. The lowest BCUT2D eigenvalue weighted by atomic mass is 10.2. The number of hydrogen-bond acceptors (Lipinski definition) is 4. The van der Waals surface area contributed by atoms with E-state index in [1.165, 1.54) is 8.61 Å². The summed E-state index contributed by atoms with van der Waals surface area (Å²) < 4.78 is 27.8. The summed E-state index contributed by atoms with van der Waals surface area (Å²) in [5.74, 6) is 0. The van der Waals surface area contributed by atoms with Crippen LogP contribution < -0.4 is 5.32 Å². The van der Waals surface area contributed by atoms with Gasteiger partial charge in [-0.2, -0.15) is 17.0 Å². The first-order valence-electron chi connectivity index (χ1n) is 7.19.